The molecule has 0 heterocycles. The number of ether oxygens (including phenoxy) is 1. The third-order valence-corrected chi connectivity index (χ3v) is 4.09. The molecule has 1 N–H and O–H groups in total. The number of aliphatic carboxylic acids is 1. The smallest absolute Gasteiger partial charge is 0.310 e. The molecule has 4 nitrogen and oxygen atoms in total. The Morgan fingerprint density at radius 2 is 1.70 bits per heavy atom. The van der Waals surface area contributed by atoms with Gasteiger partial charge in [-0.3, -0.25) is 9.59 Å². The Kier molecular flexibility index (Phi) is 9.26. The molecule has 0 aromatic heterocycles. The Balaban J connectivity index is 4.69. The van der Waals surface area contributed by atoms with E-state index in [9.17, 15) is 9.59 Å². The number of carboxylic acid groups (broad SMARTS) is 1. The topological polar surface area (TPSA) is 63.6 Å². The van der Waals surface area contributed by atoms with Gasteiger partial charge in [0.25, 0.3) is 0 Å². The maximum absolute atomic E-state index is 12.2. The molecule has 0 saturated heterocycles. The third kappa shape index (κ3) is 6.40. The fourth-order valence-corrected chi connectivity index (χ4v) is 2.40. The van der Waals surface area contributed by atoms with Gasteiger partial charge in [0.15, 0.2) is 0 Å². The van der Waals surface area contributed by atoms with Gasteiger partial charge in [-0.15, -0.1) is 0 Å². The first-order chi connectivity index (χ1) is 9.44. The average molecular weight is 286 g/mol. The predicted molar refractivity (Wildman–Crippen MR) is 79.6 cm³/mol. The largest absolute Gasteiger partial charge is 0.481 e. The lowest BCUT2D eigenvalue weighted by Gasteiger charge is -2.33. The zero-order chi connectivity index (χ0) is 15.6. The highest BCUT2D eigenvalue weighted by atomic mass is 16.6. The maximum atomic E-state index is 12.2. The van der Waals surface area contributed by atoms with Crippen LogP contribution in [0.15, 0.2) is 0 Å². The summed E-state index contributed by atoms with van der Waals surface area (Å²) in [5.41, 5.74) is -0.418. The number of carbonyl (C=O) groups is 2. The van der Waals surface area contributed by atoms with E-state index >= 15 is 0 Å². The van der Waals surface area contributed by atoms with E-state index in [0.29, 0.717) is 6.42 Å². The van der Waals surface area contributed by atoms with Crippen molar-refractivity contribution in [3.63, 3.8) is 0 Å². The van der Waals surface area contributed by atoms with Crippen LogP contribution in [-0.2, 0) is 14.3 Å². The lowest BCUT2D eigenvalue weighted by Crippen LogP contribution is -2.36. The summed E-state index contributed by atoms with van der Waals surface area (Å²) < 4.78 is 5.73. The van der Waals surface area contributed by atoms with E-state index in [1.807, 2.05) is 20.8 Å². The van der Waals surface area contributed by atoms with Gasteiger partial charge in [-0.05, 0) is 32.1 Å². The van der Waals surface area contributed by atoms with Crippen molar-refractivity contribution in [1.29, 1.82) is 0 Å². The van der Waals surface area contributed by atoms with Crippen LogP contribution >= 0.6 is 0 Å². The lowest BCUT2D eigenvalue weighted by atomic mass is 9.90. The summed E-state index contributed by atoms with van der Waals surface area (Å²) in [6.07, 6.45) is 6.09. The average Bonchev–Trinajstić information content (AvgIpc) is 2.43. The molecule has 0 fully saturated rings. The number of carbonyl (C=O) groups excluding carboxylic acids is 1. The Morgan fingerprint density at radius 1 is 1.10 bits per heavy atom. The van der Waals surface area contributed by atoms with Crippen LogP contribution in [0.2, 0.25) is 0 Å². The maximum Gasteiger partial charge on any atom is 0.310 e. The van der Waals surface area contributed by atoms with Crippen molar-refractivity contribution >= 4 is 11.9 Å². The molecule has 0 bridgehead atoms. The van der Waals surface area contributed by atoms with E-state index in [-0.39, 0.29) is 12.4 Å². The molecule has 20 heavy (non-hydrogen) atoms. The molecule has 118 valence electrons. The first-order valence-corrected chi connectivity index (χ1v) is 7.89. The third-order valence-electron chi connectivity index (χ3n) is 4.09. The molecule has 0 aliphatic carbocycles. The first kappa shape index (κ1) is 18.9. The van der Waals surface area contributed by atoms with Crippen molar-refractivity contribution in [3.8, 4) is 0 Å². The standard InChI is InChI=1S/C16H30O4/c1-5-9-10-11-16(7-3,8-4)20-15(19)13(6-2)12-14(17)18/h13H,5-12H2,1-4H3,(H,17,18). The van der Waals surface area contributed by atoms with Gasteiger partial charge >= 0.3 is 11.9 Å². The summed E-state index contributed by atoms with van der Waals surface area (Å²) in [7, 11) is 0. The SMILES string of the molecule is CCCCCC(CC)(CC)OC(=O)C(CC)CC(=O)O. The van der Waals surface area contributed by atoms with Crippen molar-refractivity contribution in [2.45, 2.75) is 84.7 Å². The zero-order valence-corrected chi connectivity index (χ0v) is 13.4. The lowest BCUT2D eigenvalue weighted by molar-refractivity contribution is -0.169. The van der Waals surface area contributed by atoms with Crippen LogP contribution in [0.3, 0.4) is 0 Å². The van der Waals surface area contributed by atoms with Crippen molar-refractivity contribution in [1.82, 2.24) is 0 Å². The van der Waals surface area contributed by atoms with Gasteiger partial charge in [-0.1, -0.05) is 40.5 Å². The Hall–Kier alpha value is -1.06. The molecule has 1 atom stereocenters. The second kappa shape index (κ2) is 9.78. The number of esters is 1. The Morgan fingerprint density at radius 3 is 2.10 bits per heavy atom. The van der Waals surface area contributed by atoms with Gasteiger partial charge in [-0.2, -0.15) is 0 Å². The molecular formula is C16H30O4. The molecule has 0 spiro atoms. The summed E-state index contributed by atoms with van der Waals surface area (Å²) in [5, 5.41) is 8.84. The zero-order valence-electron chi connectivity index (χ0n) is 13.4. The number of unbranched alkanes of at least 4 members (excludes halogenated alkanes) is 2. The first-order valence-electron chi connectivity index (χ1n) is 7.89. The van der Waals surface area contributed by atoms with Gasteiger partial charge in [0.2, 0.25) is 0 Å². The van der Waals surface area contributed by atoms with E-state index in [1.54, 1.807) is 0 Å². The van der Waals surface area contributed by atoms with Crippen LogP contribution in [-0.4, -0.2) is 22.6 Å². The second-order valence-electron chi connectivity index (χ2n) is 5.47. The molecule has 4 heteroatoms. The molecule has 0 aromatic rings. The van der Waals surface area contributed by atoms with Crippen molar-refractivity contribution in [2.75, 3.05) is 0 Å². The van der Waals surface area contributed by atoms with Crippen LogP contribution in [0.25, 0.3) is 0 Å². The van der Waals surface area contributed by atoms with E-state index in [2.05, 4.69) is 6.92 Å². The summed E-state index contributed by atoms with van der Waals surface area (Å²) in [5.74, 6) is -1.83. The molecule has 0 amide bonds. The highest BCUT2D eigenvalue weighted by Crippen LogP contribution is 2.29. The fourth-order valence-electron chi connectivity index (χ4n) is 2.40. The number of hydrogen-bond acceptors (Lipinski definition) is 3. The summed E-state index contributed by atoms with van der Waals surface area (Å²) in [4.78, 5) is 23.0. The molecule has 0 aliphatic rings. The molecule has 0 saturated carbocycles. The molecule has 0 rings (SSSR count). The van der Waals surface area contributed by atoms with Crippen LogP contribution in [0.5, 0.6) is 0 Å². The monoisotopic (exact) mass is 286 g/mol. The van der Waals surface area contributed by atoms with Gasteiger partial charge < -0.3 is 9.84 Å². The van der Waals surface area contributed by atoms with E-state index in [4.69, 9.17) is 9.84 Å². The second-order valence-corrected chi connectivity index (χ2v) is 5.47. The number of rotatable bonds is 11. The van der Waals surface area contributed by atoms with E-state index in [0.717, 1.165) is 38.5 Å². The van der Waals surface area contributed by atoms with Crippen LogP contribution in [0.4, 0.5) is 0 Å². The Labute approximate surface area is 122 Å². The van der Waals surface area contributed by atoms with Crippen molar-refractivity contribution in [2.24, 2.45) is 5.92 Å². The summed E-state index contributed by atoms with van der Waals surface area (Å²) >= 11 is 0. The van der Waals surface area contributed by atoms with Crippen molar-refractivity contribution < 1.29 is 19.4 Å². The van der Waals surface area contributed by atoms with Gasteiger partial charge in [0.1, 0.15) is 5.60 Å². The Bertz CT molecular complexity index is 295. The van der Waals surface area contributed by atoms with Crippen LogP contribution in [0.1, 0.15) is 79.1 Å². The quantitative estimate of drug-likeness (QED) is 0.457. The fraction of sp³-hybridized carbons (Fsp3) is 0.875. The van der Waals surface area contributed by atoms with Gasteiger partial charge in [-0.25, -0.2) is 0 Å². The number of carboxylic acids is 1. The predicted octanol–water partition coefficient (Wildman–Crippen LogP) is 4.17. The van der Waals surface area contributed by atoms with E-state index in [1.165, 1.54) is 0 Å². The summed E-state index contributed by atoms with van der Waals surface area (Å²) in [6.45, 7) is 8.03. The molecule has 0 radical (unpaired) electrons. The molecule has 0 aliphatic heterocycles. The van der Waals surface area contributed by atoms with Crippen LogP contribution in [0, 0.1) is 5.92 Å². The molecule has 0 aromatic carbocycles. The molecular weight excluding hydrogens is 256 g/mol. The van der Waals surface area contributed by atoms with Gasteiger partial charge in [0.05, 0.1) is 12.3 Å². The molecule has 1 unspecified atom stereocenters. The normalized spacial score (nSPS) is 13.0. The highest BCUT2D eigenvalue weighted by molar-refractivity contribution is 5.79. The number of hydrogen-bond donors (Lipinski definition) is 1. The summed E-state index contributed by atoms with van der Waals surface area (Å²) in [6, 6.07) is 0. The minimum Gasteiger partial charge on any atom is -0.481 e. The highest BCUT2D eigenvalue weighted by Gasteiger charge is 2.33. The minimum atomic E-state index is -0.946. The van der Waals surface area contributed by atoms with Gasteiger partial charge in [0, 0.05) is 0 Å². The van der Waals surface area contributed by atoms with E-state index < -0.39 is 17.5 Å². The van der Waals surface area contributed by atoms with Crippen molar-refractivity contribution in [3.05, 3.63) is 0 Å². The van der Waals surface area contributed by atoms with Crippen LogP contribution < -0.4 is 0 Å². The minimum absolute atomic E-state index is 0.145.